The zero-order valence-electron chi connectivity index (χ0n) is 12.5. The number of rotatable bonds is 5. The summed E-state index contributed by atoms with van der Waals surface area (Å²) in [6, 6.07) is 2.33. The fourth-order valence-electron chi connectivity index (χ4n) is 3.30. The van der Waals surface area contributed by atoms with Crippen LogP contribution in [0.2, 0.25) is 0 Å². The summed E-state index contributed by atoms with van der Waals surface area (Å²) in [5, 5.41) is 10.0. The van der Waals surface area contributed by atoms with E-state index in [0.717, 1.165) is 19.0 Å². The molecular formula is C15H22F3N3. The second-order valence-electron chi connectivity index (χ2n) is 6.46. The van der Waals surface area contributed by atoms with Gasteiger partial charge >= 0.3 is 6.18 Å². The van der Waals surface area contributed by atoms with Gasteiger partial charge in [-0.1, -0.05) is 26.7 Å². The minimum absolute atomic E-state index is 0.249. The molecule has 0 radical (unpaired) electrons. The molecule has 3 nitrogen and oxygen atoms in total. The van der Waals surface area contributed by atoms with Gasteiger partial charge in [0.15, 0.2) is 5.69 Å². The zero-order valence-corrected chi connectivity index (χ0v) is 12.5. The Kier molecular flexibility index (Phi) is 4.74. The van der Waals surface area contributed by atoms with Crippen LogP contribution < -0.4 is 5.32 Å². The number of hydrogen-bond acceptors (Lipinski definition) is 3. The van der Waals surface area contributed by atoms with Gasteiger partial charge < -0.3 is 5.32 Å². The Morgan fingerprint density at radius 3 is 2.33 bits per heavy atom. The van der Waals surface area contributed by atoms with Gasteiger partial charge in [0.2, 0.25) is 0 Å². The predicted molar refractivity (Wildman–Crippen MR) is 75.9 cm³/mol. The van der Waals surface area contributed by atoms with Crippen LogP contribution in [0.1, 0.15) is 51.6 Å². The number of nitrogens with zero attached hydrogens (tertiary/aromatic N) is 2. The van der Waals surface area contributed by atoms with Crippen molar-refractivity contribution < 1.29 is 13.2 Å². The monoisotopic (exact) mass is 301 g/mol. The second-order valence-corrected chi connectivity index (χ2v) is 6.46. The van der Waals surface area contributed by atoms with Gasteiger partial charge in [-0.05, 0) is 42.7 Å². The van der Waals surface area contributed by atoms with Gasteiger partial charge in [0, 0.05) is 6.54 Å². The van der Waals surface area contributed by atoms with Crippen LogP contribution in [-0.2, 0) is 6.18 Å². The van der Waals surface area contributed by atoms with E-state index in [1.54, 1.807) is 0 Å². The van der Waals surface area contributed by atoms with Gasteiger partial charge in [0.1, 0.15) is 5.82 Å². The predicted octanol–water partition coefficient (Wildman–Crippen LogP) is 4.51. The summed E-state index contributed by atoms with van der Waals surface area (Å²) in [6.45, 7) is 5.17. The highest BCUT2D eigenvalue weighted by atomic mass is 19.4. The first-order valence-electron chi connectivity index (χ1n) is 7.46. The van der Waals surface area contributed by atoms with Crippen LogP contribution >= 0.6 is 0 Å². The van der Waals surface area contributed by atoms with Crippen molar-refractivity contribution in [1.29, 1.82) is 0 Å². The van der Waals surface area contributed by atoms with E-state index in [4.69, 9.17) is 0 Å². The molecule has 118 valence electrons. The van der Waals surface area contributed by atoms with Crippen LogP contribution in [0.15, 0.2) is 12.1 Å². The fraction of sp³-hybridized carbons (Fsp3) is 0.733. The molecule has 6 heteroatoms. The van der Waals surface area contributed by atoms with E-state index in [9.17, 15) is 13.2 Å². The topological polar surface area (TPSA) is 37.8 Å². The molecule has 1 aliphatic carbocycles. The Hall–Kier alpha value is -1.33. The lowest BCUT2D eigenvalue weighted by molar-refractivity contribution is -0.141. The largest absolute Gasteiger partial charge is 0.435 e. The molecule has 2 rings (SSSR count). The van der Waals surface area contributed by atoms with E-state index in [0.29, 0.717) is 11.7 Å². The average Bonchev–Trinajstić information content (AvgIpc) is 2.84. The highest BCUT2D eigenvalue weighted by molar-refractivity contribution is 5.33. The summed E-state index contributed by atoms with van der Waals surface area (Å²) in [5.41, 5.74) is -0.704. The van der Waals surface area contributed by atoms with Crippen LogP contribution in [0.3, 0.4) is 0 Å². The smallest absolute Gasteiger partial charge is 0.368 e. The number of anilines is 1. The SMILES string of the molecule is CC(C)CC1(CNc2ccc(C(F)(F)F)nn2)CCCC1. The molecule has 0 spiro atoms. The lowest BCUT2D eigenvalue weighted by Crippen LogP contribution is -2.29. The van der Waals surface area contributed by atoms with E-state index >= 15 is 0 Å². The van der Waals surface area contributed by atoms with Crippen molar-refractivity contribution in [3.05, 3.63) is 17.8 Å². The van der Waals surface area contributed by atoms with E-state index in [-0.39, 0.29) is 5.41 Å². The maximum absolute atomic E-state index is 12.4. The summed E-state index contributed by atoms with van der Waals surface area (Å²) in [7, 11) is 0. The molecule has 1 saturated carbocycles. The van der Waals surface area contributed by atoms with Crippen molar-refractivity contribution in [3.63, 3.8) is 0 Å². The number of nitrogens with one attached hydrogen (secondary N) is 1. The van der Waals surface area contributed by atoms with Gasteiger partial charge in [-0.15, -0.1) is 10.2 Å². The van der Waals surface area contributed by atoms with Crippen LogP contribution in [0.5, 0.6) is 0 Å². The molecule has 0 aliphatic heterocycles. The van der Waals surface area contributed by atoms with Crippen LogP contribution in [0, 0.1) is 11.3 Å². The molecule has 0 aromatic carbocycles. The molecule has 1 heterocycles. The molecule has 0 bridgehead atoms. The third kappa shape index (κ3) is 4.32. The summed E-state index contributed by atoms with van der Waals surface area (Å²) >= 11 is 0. The van der Waals surface area contributed by atoms with Crippen molar-refractivity contribution in [2.45, 2.75) is 52.1 Å². The quantitative estimate of drug-likeness (QED) is 0.869. The molecule has 1 aromatic rings. The summed E-state index contributed by atoms with van der Waals surface area (Å²) in [6.07, 6.45) is 1.50. The van der Waals surface area contributed by atoms with Crippen molar-refractivity contribution in [2.75, 3.05) is 11.9 Å². The Morgan fingerprint density at radius 2 is 1.86 bits per heavy atom. The average molecular weight is 301 g/mol. The summed E-state index contributed by atoms with van der Waals surface area (Å²) in [4.78, 5) is 0. The molecule has 0 atom stereocenters. The number of aromatic nitrogens is 2. The first kappa shape index (κ1) is 16.0. The molecule has 0 unspecified atom stereocenters. The molecule has 21 heavy (non-hydrogen) atoms. The summed E-state index contributed by atoms with van der Waals surface area (Å²) < 4.78 is 37.3. The molecule has 1 N–H and O–H groups in total. The van der Waals surface area contributed by atoms with E-state index in [1.165, 1.54) is 31.7 Å². The molecular weight excluding hydrogens is 279 g/mol. The van der Waals surface area contributed by atoms with Crippen LogP contribution in [0.4, 0.5) is 19.0 Å². The van der Waals surface area contributed by atoms with Crippen LogP contribution in [0.25, 0.3) is 0 Å². The van der Waals surface area contributed by atoms with Crippen molar-refractivity contribution in [1.82, 2.24) is 10.2 Å². The lowest BCUT2D eigenvalue weighted by atomic mass is 9.78. The fourth-order valence-corrected chi connectivity index (χ4v) is 3.30. The normalized spacial score (nSPS) is 18.2. The van der Waals surface area contributed by atoms with Gasteiger partial charge in [-0.2, -0.15) is 13.2 Å². The zero-order chi connectivity index (χ0) is 15.5. The number of halogens is 3. The summed E-state index contributed by atoms with van der Waals surface area (Å²) in [5.74, 6) is 1.03. The molecule has 1 aliphatic rings. The maximum Gasteiger partial charge on any atom is 0.435 e. The van der Waals surface area contributed by atoms with Crippen molar-refractivity contribution in [2.24, 2.45) is 11.3 Å². The Balaban J connectivity index is 1.98. The highest BCUT2D eigenvalue weighted by Gasteiger charge is 2.35. The Bertz CT molecular complexity index is 448. The Labute approximate surface area is 123 Å². The van der Waals surface area contributed by atoms with E-state index in [2.05, 4.69) is 29.4 Å². The third-order valence-electron chi connectivity index (χ3n) is 4.10. The minimum Gasteiger partial charge on any atom is -0.368 e. The Morgan fingerprint density at radius 1 is 1.19 bits per heavy atom. The van der Waals surface area contributed by atoms with E-state index < -0.39 is 11.9 Å². The first-order chi connectivity index (χ1) is 9.81. The van der Waals surface area contributed by atoms with E-state index in [1.807, 2.05) is 0 Å². The second kappa shape index (κ2) is 6.20. The maximum atomic E-state index is 12.4. The van der Waals surface area contributed by atoms with Gasteiger partial charge in [0.05, 0.1) is 0 Å². The van der Waals surface area contributed by atoms with Gasteiger partial charge in [-0.25, -0.2) is 0 Å². The molecule has 0 amide bonds. The molecule has 0 saturated heterocycles. The highest BCUT2D eigenvalue weighted by Crippen LogP contribution is 2.43. The third-order valence-corrected chi connectivity index (χ3v) is 4.10. The van der Waals surface area contributed by atoms with Crippen molar-refractivity contribution in [3.8, 4) is 0 Å². The van der Waals surface area contributed by atoms with Gasteiger partial charge in [0.25, 0.3) is 0 Å². The molecule has 1 aromatic heterocycles. The lowest BCUT2D eigenvalue weighted by Gasteiger charge is -2.31. The standard InChI is InChI=1S/C15H22F3N3/c1-11(2)9-14(7-3-4-8-14)10-19-13-6-5-12(20-21-13)15(16,17)18/h5-6,11H,3-4,7-10H2,1-2H3,(H,19,21). The molecule has 1 fully saturated rings. The van der Waals surface area contributed by atoms with Crippen LogP contribution in [-0.4, -0.2) is 16.7 Å². The number of hydrogen-bond donors (Lipinski definition) is 1. The minimum atomic E-state index is -4.43. The first-order valence-corrected chi connectivity index (χ1v) is 7.46. The van der Waals surface area contributed by atoms with Crippen molar-refractivity contribution >= 4 is 5.82 Å². The number of alkyl halides is 3. The van der Waals surface area contributed by atoms with Gasteiger partial charge in [-0.3, -0.25) is 0 Å².